The molecule has 42 heavy (non-hydrogen) atoms. The number of nitrogens with zero attached hydrogens (tertiary/aromatic N) is 1. The molecule has 0 aliphatic rings. The summed E-state index contributed by atoms with van der Waals surface area (Å²) in [6.45, 7) is 1.31. The molecular formula is C26H37BF4N6O5. The lowest BCUT2D eigenvalue weighted by Gasteiger charge is -2.27. The zero-order valence-corrected chi connectivity index (χ0v) is 22.9. The van der Waals surface area contributed by atoms with Crippen LogP contribution in [0.2, 0.25) is 0 Å². The molecular weight excluding hydrogens is 563 g/mol. The molecule has 1 unspecified atom stereocenters. The number of carbonyl (C=O) groups excluding carboxylic acids is 2. The number of benzene rings is 2. The van der Waals surface area contributed by atoms with Gasteiger partial charge in [0.15, 0.2) is 0 Å². The minimum atomic E-state index is -4.52. The van der Waals surface area contributed by atoms with Gasteiger partial charge in [0, 0.05) is 31.9 Å². The van der Waals surface area contributed by atoms with E-state index in [1.165, 1.54) is 12.1 Å². The molecule has 0 aliphatic heterocycles. The van der Waals surface area contributed by atoms with E-state index in [1.54, 1.807) is 4.90 Å². The van der Waals surface area contributed by atoms with Gasteiger partial charge in [0.1, 0.15) is 18.1 Å². The van der Waals surface area contributed by atoms with Crippen molar-refractivity contribution in [2.45, 2.75) is 50.2 Å². The fourth-order valence-corrected chi connectivity index (χ4v) is 4.17. The molecule has 0 heterocycles. The van der Waals surface area contributed by atoms with E-state index in [1.807, 2.05) is 0 Å². The highest BCUT2D eigenvalue weighted by atomic mass is 19.4. The Balaban J connectivity index is 2.15. The summed E-state index contributed by atoms with van der Waals surface area (Å²) in [7, 11) is -2.01. The average molecular weight is 600 g/mol. The van der Waals surface area contributed by atoms with Crippen LogP contribution in [0.4, 0.5) is 23.2 Å². The van der Waals surface area contributed by atoms with Crippen LogP contribution in [0, 0.1) is 5.82 Å². The van der Waals surface area contributed by atoms with Crippen molar-refractivity contribution >= 4 is 30.1 Å². The van der Waals surface area contributed by atoms with Gasteiger partial charge in [-0.3, -0.25) is 14.5 Å². The summed E-state index contributed by atoms with van der Waals surface area (Å²) < 4.78 is 52.7. The number of aliphatic hydroxyl groups excluding tert-OH is 1. The summed E-state index contributed by atoms with van der Waals surface area (Å²) in [4.78, 5) is 27.7. The number of halogens is 4. The zero-order valence-electron chi connectivity index (χ0n) is 22.9. The molecule has 0 saturated heterocycles. The Bertz CT molecular complexity index is 1150. The SMILES string of the molecule is NCCN(CCN)C(O)CC[C@H](N)C(=O)N[C@H](CCc1ccc(C(F)(F)F)cc1)C(=O)Nc1cc(F)cc(B(O)O)c1. The summed E-state index contributed by atoms with van der Waals surface area (Å²) in [5, 5.41) is 34.1. The highest BCUT2D eigenvalue weighted by molar-refractivity contribution is 6.58. The number of nitrogens with two attached hydrogens (primary N) is 3. The number of carbonyl (C=O) groups is 2. The first kappa shape index (κ1) is 35.1. The number of aryl methyl sites for hydroxylation is 1. The number of nitrogens with one attached hydrogen (secondary N) is 2. The predicted molar refractivity (Wildman–Crippen MR) is 149 cm³/mol. The second-order valence-electron chi connectivity index (χ2n) is 9.71. The van der Waals surface area contributed by atoms with Crippen molar-refractivity contribution in [1.82, 2.24) is 10.2 Å². The largest absolute Gasteiger partial charge is 0.488 e. The number of amides is 2. The van der Waals surface area contributed by atoms with Gasteiger partial charge in [-0.25, -0.2) is 4.39 Å². The van der Waals surface area contributed by atoms with Crippen LogP contribution in [0.25, 0.3) is 0 Å². The molecule has 2 aromatic rings. The highest BCUT2D eigenvalue weighted by Gasteiger charge is 2.30. The van der Waals surface area contributed by atoms with E-state index in [0.717, 1.165) is 30.3 Å². The van der Waals surface area contributed by atoms with Gasteiger partial charge in [0.05, 0.1) is 11.6 Å². The standard InChI is InChI=1S/C26H37BF4N6O5/c28-19-13-18(27(41)42)14-20(15-19)35-25(40)22(7-3-16-1-4-17(5-2-16)26(29,30)31)36-24(39)21(34)6-8-23(38)37(11-9-32)12-10-33/h1-2,4-5,13-15,21-23,38,41-42H,3,6-12,32-34H2,(H,35,40)(H,36,39)/t21-,22+,23?/m0/s1. The Morgan fingerprint density at radius 3 is 2.12 bits per heavy atom. The summed E-state index contributed by atoms with van der Waals surface area (Å²) in [6, 6.07) is 4.83. The first-order valence-corrected chi connectivity index (χ1v) is 13.3. The molecule has 0 fully saturated rings. The van der Waals surface area contributed by atoms with Crippen molar-refractivity contribution < 1.29 is 42.3 Å². The third kappa shape index (κ3) is 11.3. The number of anilines is 1. The van der Waals surface area contributed by atoms with Gasteiger partial charge in [0.2, 0.25) is 11.8 Å². The number of hydrogen-bond acceptors (Lipinski definition) is 9. The maximum absolute atomic E-state index is 14.0. The van der Waals surface area contributed by atoms with Crippen LogP contribution in [0.3, 0.4) is 0 Å². The molecule has 0 radical (unpaired) electrons. The molecule has 16 heteroatoms. The first-order chi connectivity index (χ1) is 19.7. The van der Waals surface area contributed by atoms with Crippen LogP contribution < -0.4 is 33.3 Å². The Morgan fingerprint density at radius 1 is 0.952 bits per heavy atom. The maximum Gasteiger partial charge on any atom is 0.488 e. The lowest BCUT2D eigenvalue weighted by Crippen LogP contribution is -2.50. The van der Waals surface area contributed by atoms with E-state index in [2.05, 4.69) is 10.6 Å². The zero-order chi connectivity index (χ0) is 31.4. The van der Waals surface area contributed by atoms with E-state index in [-0.39, 0.29) is 49.9 Å². The van der Waals surface area contributed by atoms with Crippen LogP contribution in [-0.2, 0) is 22.2 Å². The molecule has 0 bridgehead atoms. The summed E-state index contributed by atoms with van der Waals surface area (Å²) in [5.74, 6) is -2.40. The monoisotopic (exact) mass is 600 g/mol. The van der Waals surface area contributed by atoms with Crippen molar-refractivity contribution in [3.05, 3.63) is 59.4 Å². The minimum absolute atomic E-state index is 0.0352. The van der Waals surface area contributed by atoms with Crippen LogP contribution in [0.15, 0.2) is 42.5 Å². The Morgan fingerprint density at radius 2 is 1.57 bits per heavy atom. The van der Waals surface area contributed by atoms with Gasteiger partial charge in [-0.15, -0.1) is 0 Å². The Kier molecular flexibility index (Phi) is 13.8. The van der Waals surface area contributed by atoms with Gasteiger partial charge in [-0.1, -0.05) is 12.1 Å². The molecule has 232 valence electrons. The molecule has 2 rings (SSSR count). The molecule has 2 aromatic carbocycles. The lowest BCUT2D eigenvalue weighted by molar-refractivity contribution is -0.137. The second-order valence-corrected chi connectivity index (χ2v) is 9.71. The van der Waals surface area contributed by atoms with Crippen molar-refractivity contribution in [3.8, 4) is 0 Å². The number of rotatable bonds is 16. The lowest BCUT2D eigenvalue weighted by atomic mass is 9.80. The van der Waals surface area contributed by atoms with E-state index < -0.39 is 54.8 Å². The maximum atomic E-state index is 14.0. The third-order valence-corrected chi connectivity index (χ3v) is 6.45. The minimum Gasteiger partial charge on any atom is -0.423 e. The van der Waals surface area contributed by atoms with E-state index in [9.17, 15) is 42.3 Å². The van der Waals surface area contributed by atoms with Crippen molar-refractivity contribution in [2.24, 2.45) is 17.2 Å². The summed E-state index contributed by atoms with van der Waals surface area (Å²) in [5.41, 5.74) is 16.4. The molecule has 3 atom stereocenters. The van der Waals surface area contributed by atoms with E-state index in [4.69, 9.17) is 17.2 Å². The molecule has 0 spiro atoms. The second kappa shape index (κ2) is 16.5. The predicted octanol–water partition coefficient (Wildman–Crippen LogP) is -0.774. The molecule has 11 N–H and O–H groups in total. The van der Waals surface area contributed by atoms with Crippen LogP contribution in [0.1, 0.15) is 30.4 Å². The van der Waals surface area contributed by atoms with Crippen molar-refractivity contribution in [3.63, 3.8) is 0 Å². The number of alkyl halides is 3. The van der Waals surface area contributed by atoms with Crippen LogP contribution >= 0.6 is 0 Å². The number of hydrogen-bond donors (Lipinski definition) is 8. The van der Waals surface area contributed by atoms with Gasteiger partial charge >= 0.3 is 13.3 Å². The molecule has 0 saturated carbocycles. The third-order valence-electron chi connectivity index (χ3n) is 6.45. The van der Waals surface area contributed by atoms with Crippen molar-refractivity contribution in [1.29, 1.82) is 0 Å². The topological polar surface area (TPSA) is 200 Å². The van der Waals surface area contributed by atoms with Gasteiger partial charge < -0.3 is 43.0 Å². The van der Waals surface area contributed by atoms with Gasteiger partial charge in [0.25, 0.3) is 0 Å². The van der Waals surface area contributed by atoms with E-state index in [0.29, 0.717) is 18.7 Å². The smallest absolute Gasteiger partial charge is 0.423 e. The fraction of sp³-hybridized carbons (Fsp3) is 0.462. The average Bonchev–Trinajstić information content (AvgIpc) is 2.92. The molecule has 2 amide bonds. The normalized spacial score (nSPS) is 13.9. The van der Waals surface area contributed by atoms with Gasteiger partial charge in [-0.2, -0.15) is 13.2 Å². The first-order valence-electron chi connectivity index (χ1n) is 13.3. The van der Waals surface area contributed by atoms with E-state index >= 15 is 0 Å². The van der Waals surface area contributed by atoms with Crippen molar-refractivity contribution in [2.75, 3.05) is 31.5 Å². The molecule has 0 aliphatic carbocycles. The van der Waals surface area contributed by atoms with Crippen LogP contribution in [-0.4, -0.2) is 83.5 Å². The summed E-state index contributed by atoms with van der Waals surface area (Å²) in [6.07, 6.45) is -5.32. The van der Waals surface area contributed by atoms with Gasteiger partial charge in [-0.05, 0) is 67.0 Å². The fourth-order valence-electron chi connectivity index (χ4n) is 4.17. The Labute approximate surface area is 241 Å². The highest BCUT2D eigenvalue weighted by Crippen LogP contribution is 2.29. The number of aliphatic hydroxyl groups is 1. The Hall–Kier alpha value is -3.12. The van der Waals surface area contributed by atoms with Crippen LogP contribution in [0.5, 0.6) is 0 Å². The summed E-state index contributed by atoms with van der Waals surface area (Å²) >= 11 is 0. The quantitative estimate of drug-likeness (QED) is 0.0692. The molecule has 0 aromatic heterocycles. The molecule has 11 nitrogen and oxygen atoms in total.